The monoisotopic (exact) mass is 432 g/mol. The van der Waals surface area contributed by atoms with Crippen LogP contribution in [0.1, 0.15) is 12.0 Å². The average Bonchev–Trinajstić information content (AvgIpc) is 2.78. The summed E-state index contributed by atoms with van der Waals surface area (Å²) in [7, 11) is -3.68. The third-order valence-electron chi connectivity index (χ3n) is 5.34. The maximum atomic E-state index is 13.0. The zero-order chi connectivity index (χ0) is 21.1. The zero-order valence-corrected chi connectivity index (χ0v) is 17.3. The van der Waals surface area contributed by atoms with Crippen LogP contribution in [-0.2, 0) is 21.2 Å². The number of para-hydroxylation sites is 1. The molecule has 1 fully saturated rings. The molecule has 2 heterocycles. The van der Waals surface area contributed by atoms with E-state index < -0.39 is 10.0 Å². The molecule has 2 aromatic rings. The number of sulfonamides is 1. The number of carbonyl (C=O) groups is 1. The minimum atomic E-state index is -3.68. The van der Waals surface area contributed by atoms with Crippen molar-refractivity contribution in [1.29, 1.82) is 0 Å². The Morgan fingerprint density at radius 1 is 0.967 bits per heavy atom. The number of hydrogen-bond donors (Lipinski definition) is 1. The van der Waals surface area contributed by atoms with Crippen LogP contribution in [0.4, 0.5) is 0 Å². The fourth-order valence-electron chi connectivity index (χ4n) is 3.63. The Hall–Kier alpha value is -2.78. The van der Waals surface area contributed by atoms with E-state index in [9.17, 15) is 18.3 Å². The maximum Gasteiger partial charge on any atom is 0.243 e. The molecule has 8 nitrogen and oxygen atoms in total. The van der Waals surface area contributed by atoms with Crippen molar-refractivity contribution < 1.29 is 27.8 Å². The fourth-order valence-corrected chi connectivity index (χ4v) is 5.07. The molecule has 0 atom stereocenters. The molecule has 2 aliphatic heterocycles. The first-order valence-electron chi connectivity index (χ1n) is 9.89. The van der Waals surface area contributed by atoms with Crippen LogP contribution >= 0.6 is 0 Å². The molecule has 1 saturated heterocycles. The van der Waals surface area contributed by atoms with Crippen LogP contribution in [0.2, 0.25) is 0 Å². The van der Waals surface area contributed by atoms with Gasteiger partial charge in [0, 0.05) is 38.7 Å². The molecular weight excluding hydrogens is 408 g/mol. The summed E-state index contributed by atoms with van der Waals surface area (Å²) >= 11 is 0. The third kappa shape index (κ3) is 4.22. The normalized spacial score (nSPS) is 17.0. The van der Waals surface area contributed by atoms with Crippen molar-refractivity contribution in [2.45, 2.75) is 17.7 Å². The Labute approximate surface area is 175 Å². The summed E-state index contributed by atoms with van der Waals surface area (Å²) in [6.07, 6.45) is 0.716. The van der Waals surface area contributed by atoms with E-state index in [1.54, 1.807) is 29.2 Å². The van der Waals surface area contributed by atoms with Gasteiger partial charge in [-0.2, -0.15) is 4.31 Å². The van der Waals surface area contributed by atoms with Gasteiger partial charge in [0.2, 0.25) is 15.9 Å². The Morgan fingerprint density at radius 3 is 2.40 bits per heavy atom. The van der Waals surface area contributed by atoms with Gasteiger partial charge in [-0.1, -0.05) is 18.2 Å². The van der Waals surface area contributed by atoms with Crippen LogP contribution in [0.15, 0.2) is 47.4 Å². The Balaban J connectivity index is 1.35. The largest absolute Gasteiger partial charge is 0.508 e. The van der Waals surface area contributed by atoms with E-state index >= 15 is 0 Å². The second-order valence-corrected chi connectivity index (χ2v) is 9.16. The lowest BCUT2D eigenvalue weighted by atomic mass is 10.1. The van der Waals surface area contributed by atoms with Crippen LogP contribution in [0.5, 0.6) is 17.2 Å². The highest BCUT2D eigenvalue weighted by atomic mass is 32.2. The molecule has 0 saturated carbocycles. The van der Waals surface area contributed by atoms with Crippen LogP contribution in [-0.4, -0.2) is 68.0 Å². The summed E-state index contributed by atoms with van der Waals surface area (Å²) in [5, 5.41) is 9.83. The van der Waals surface area contributed by atoms with Gasteiger partial charge in [0.1, 0.15) is 19.0 Å². The number of benzene rings is 2. The summed E-state index contributed by atoms with van der Waals surface area (Å²) in [6.45, 7) is 1.97. The van der Waals surface area contributed by atoms with Gasteiger partial charge in [-0.3, -0.25) is 4.79 Å². The molecule has 2 aromatic carbocycles. The number of ether oxygens (including phenoxy) is 2. The fraction of sp³-hybridized carbons (Fsp3) is 0.381. The molecular formula is C21H24N2O6S. The number of phenolic OH excluding ortho intramolecular Hbond substituents is 1. The van der Waals surface area contributed by atoms with E-state index in [4.69, 9.17) is 9.47 Å². The number of hydrogen-bond acceptors (Lipinski definition) is 6. The van der Waals surface area contributed by atoms with Crippen molar-refractivity contribution in [3.8, 4) is 17.2 Å². The molecule has 9 heteroatoms. The second-order valence-electron chi connectivity index (χ2n) is 7.22. The third-order valence-corrected chi connectivity index (χ3v) is 7.24. The standard InChI is InChI=1S/C21H24N2O6S/c24-18-4-2-1-3-16(18)5-8-21(25)22-9-11-23(12-10-22)30(26,27)17-6-7-19-20(15-17)29-14-13-28-19/h1-4,6-7,15,24H,5,8-14H2. The Kier molecular flexibility index (Phi) is 5.83. The predicted molar refractivity (Wildman–Crippen MR) is 109 cm³/mol. The number of carbonyl (C=O) groups excluding carboxylic acids is 1. The topological polar surface area (TPSA) is 96.4 Å². The number of phenols is 1. The maximum absolute atomic E-state index is 13.0. The molecule has 30 heavy (non-hydrogen) atoms. The quantitative estimate of drug-likeness (QED) is 0.772. The summed E-state index contributed by atoms with van der Waals surface area (Å²) in [4.78, 5) is 14.4. The number of piperazine rings is 1. The summed E-state index contributed by atoms with van der Waals surface area (Å²) in [6, 6.07) is 11.6. The first-order valence-corrected chi connectivity index (χ1v) is 11.3. The number of nitrogens with zero attached hydrogens (tertiary/aromatic N) is 2. The zero-order valence-electron chi connectivity index (χ0n) is 16.5. The van der Waals surface area contributed by atoms with E-state index in [1.807, 2.05) is 6.07 Å². The molecule has 0 radical (unpaired) electrons. The second kappa shape index (κ2) is 8.53. The molecule has 2 aliphatic rings. The number of rotatable bonds is 5. The van der Waals surface area contributed by atoms with Gasteiger partial charge in [0.05, 0.1) is 4.90 Å². The molecule has 4 rings (SSSR count). The van der Waals surface area contributed by atoms with Gasteiger partial charge in [0.25, 0.3) is 0 Å². The summed E-state index contributed by atoms with van der Waals surface area (Å²) in [5.74, 6) is 1.11. The number of amides is 1. The first kappa shape index (κ1) is 20.5. The van der Waals surface area contributed by atoms with Crippen LogP contribution < -0.4 is 9.47 Å². The van der Waals surface area contributed by atoms with Crippen LogP contribution in [0.3, 0.4) is 0 Å². The van der Waals surface area contributed by atoms with Crippen molar-refractivity contribution >= 4 is 15.9 Å². The molecule has 0 spiro atoms. The minimum absolute atomic E-state index is 0.0466. The molecule has 0 aliphatic carbocycles. The van der Waals surface area contributed by atoms with Gasteiger partial charge in [-0.25, -0.2) is 8.42 Å². The number of aryl methyl sites for hydroxylation is 1. The lowest BCUT2D eigenvalue weighted by molar-refractivity contribution is -0.132. The lowest BCUT2D eigenvalue weighted by Gasteiger charge is -2.34. The van der Waals surface area contributed by atoms with E-state index in [-0.39, 0.29) is 36.1 Å². The van der Waals surface area contributed by atoms with Crippen molar-refractivity contribution in [1.82, 2.24) is 9.21 Å². The van der Waals surface area contributed by atoms with E-state index in [1.165, 1.54) is 16.4 Å². The number of aromatic hydroxyl groups is 1. The Bertz CT molecular complexity index is 1030. The molecule has 0 aromatic heterocycles. The van der Waals surface area contributed by atoms with Crippen molar-refractivity contribution in [3.63, 3.8) is 0 Å². The van der Waals surface area contributed by atoms with Crippen LogP contribution in [0.25, 0.3) is 0 Å². The lowest BCUT2D eigenvalue weighted by Crippen LogP contribution is -2.50. The van der Waals surface area contributed by atoms with Gasteiger partial charge >= 0.3 is 0 Å². The molecule has 160 valence electrons. The Morgan fingerprint density at radius 2 is 1.67 bits per heavy atom. The average molecular weight is 432 g/mol. The highest BCUT2D eigenvalue weighted by Crippen LogP contribution is 2.33. The molecule has 0 unspecified atom stereocenters. The van der Waals surface area contributed by atoms with Crippen molar-refractivity contribution in [2.75, 3.05) is 39.4 Å². The molecule has 0 bridgehead atoms. The van der Waals surface area contributed by atoms with E-state index in [0.717, 1.165) is 5.56 Å². The van der Waals surface area contributed by atoms with Gasteiger partial charge < -0.3 is 19.5 Å². The van der Waals surface area contributed by atoms with Gasteiger partial charge in [-0.15, -0.1) is 0 Å². The summed E-state index contributed by atoms with van der Waals surface area (Å²) in [5.41, 5.74) is 0.727. The van der Waals surface area contributed by atoms with Gasteiger partial charge in [-0.05, 0) is 30.2 Å². The van der Waals surface area contributed by atoms with E-state index in [2.05, 4.69) is 0 Å². The molecule has 1 N–H and O–H groups in total. The minimum Gasteiger partial charge on any atom is -0.508 e. The van der Waals surface area contributed by atoms with Crippen molar-refractivity contribution in [3.05, 3.63) is 48.0 Å². The summed E-state index contributed by atoms with van der Waals surface area (Å²) < 4.78 is 38.3. The van der Waals surface area contributed by atoms with Gasteiger partial charge in [0.15, 0.2) is 11.5 Å². The highest BCUT2D eigenvalue weighted by molar-refractivity contribution is 7.89. The SMILES string of the molecule is O=C(CCc1ccccc1O)N1CCN(S(=O)(=O)c2ccc3c(c2)OCCO3)CC1. The van der Waals surface area contributed by atoms with Crippen LogP contribution in [0, 0.1) is 0 Å². The highest BCUT2D eigenvalue weighted by Gasteiger charge is 2.31. The molecule has 1 amide bonds. The smallest absolute Gasteiger partial charge is 0.243 e. The van der Waals surface area contributed by atoms with Crippen molar-refractivity contribution in [2.24, 2.45) is 0 Å². The predicted octanol–water partition coefficient (Wildman–Crippen LogP) is 1.63. The van der Waals surface area contributed by atoms with E-state index in [0.29, 0.717) is 44.2 Å². The number of fused-ring (bicyclic) bond motifs is 1. The first-order chi connectivity index (χ1) is 14.4.